The SMILES string of the molecule is CCOP(=O)(CC1=NC2C(O[C@H](COC(C)=O)C(C3=CC3)[C@@H]2OC(C)=O)S1)OCC. The second-order valence-corrected chi connectivity index (χ2v) is 10.4. The van der Waals surface area contributed by atoms with E-state index in [0.29, 0.717) is 5.04 Å². The van der Waals surface area contributed by atoms with Gasteiger partial charge in [-0.05, 0) is 20.3 Å². The van der Waals surface area contributed by atoms with Gasteiger partial charge in [0.2, 0.25) is 0 Å². The monoisotopic (exact) mass is 461 g/mol. The third-order valence-corrected chi connectivity index (χ3v) is 8.17. The lowest BCUT2D eigenvalue weighted by Crippen LogP contribution is -2.54. The molecule has 0 aromatic carbocycles. The van der Waals surface area contributed by atoms with Crippen LogP contribution >= 0.6 is 19.4 Å². The number of hydrogen-bond donors (Lipinski definition) is 0. The van der Waals surface area contributed by atoms with Crippen molar-refractivity contribution in [2.45, 2.75) is 57.8 Å². The summed E-state index contributed by atoms with van der Waals surface area (Å²) in [5.41, 5.74) is 0.650. The summed E-state index contributed by atoms with van der Waals surface area (Å²) in [7, 11) is -3.33. The summed E-state index contributed by atoms with van der Waals surface area (Å²) in [5, 5.41) is 0.573. The normalized spacial score (nSPS) is 30.2. The van der Waals surface area contributed by atoms with E-state index in [4.69, 9.17) is 28.3 Å². The van der Waals surface area contributed by atoms with Crippen LogP contribution in [0.4, 0.5) is 0 Å². The number of rotatable bonds is 10. The topological polar surface area (TPSA) is 110 Å². The molecule has 2 aliphatic heterocycles. The van der Waals surface area contributed by atoms with Crippen molar-refractivity contribution in [2.24, 2.45) is 10.9 Å². The molecule has 1 aliphatic carbocycles. The quantitative estimate of drug-likeness (QED) is 0.275. The number of carbonyl (C=O) groups is 2. The molecule has 3 rings (SSSR count). The maximum atomic E-state index is 12.9. The molecule has 0 saturated carbocycles. The van der Waals surface area contributed by atoms with E-state index in [1.165, 1.54) is 25.6 Å². The third kappa shape index (κ3) is 5.73. The van der Waals surface area contributed by atoms with Crippen LogP contribution < -0.4 is 0 Å². The maximum absolute atomic E-state index is 12.9. The molecule has 0 aromatic heterocycles. The van der Waals surface area contributed by atoms with Crippen molar-refractivity contribution < 1.29 is 37.4 Å². The Kier molecular flexibility index (Phi) is 7.79. The number of ether oxygens (including phenoxy) is 3. The van der Waals surface area contributed by atoms with Crippen LogP contribution in [0, 0.1) is 5.92 Å². The molecule has 0 radical (unpaired) electrons. The zero-order valence-corrected chi connectivity index (χ0v) is 19.3. The lowest BCUT2D eigenvalue weighted by Gasteiger charge is -2.41. The van der Waals surface area contributed by atoms with E-state index in [-0.39, 0.29) is 31.9 Å². The van der Waals surface area contributed by atoms with Gasteiger partial charge in [0, 0.05) is 19.8 Å². The first-order valence-corrected chi connectivity index (χ1v) is 12.6. The molecule has 1 fully saturated rings. The highest BCUT2D eigenvalue weighted by molar-refractivity contribution is 8.15. The van der Waals surface area contributed by atoms with E-state index < -0.39 is 43.2 Å². The number of fused-ring (bicyclic) bond motifs is 1. The molecule has 1 saturated heterocycles. The number of allylic oxidation sites excluding steroid dienone is 1. The van der Waals surface area contributed by atoms with Crippen molar-refractivity contribution in [3.8, 4) is 0 Å². The molecule has 2 heterocycles. The van der Waals surface area contributed by atoms with Crippen LogP contribution in [0.3, 0.4) is 0 Å². The largest absolute Gasteiger partial charge is 0.463 e. The van der Waals surface area contributed by atoms with Gasteiger partial charge in [0.1, 0.15) is 30.3 Å². The van der Waals surface area contributed by atoms with Gasteiger partial charge in [0.25, 0.3) is 0 Å². The maximum Gasteiger partial charge on any atom is 0.337 e. The van der Waals surface area contributed by atoms with Gasteiger partial charge in [-0.2, -0.15) is 0 Å². The Hall–Kier alpha value is -1.19. The lowest BCUT2D eigenvalue weighted by molar-refractivity contribution is -0.173. The molecular formula is C19H28NO8PS. The fraction of sp³-hybridized carbons (Fsp3) is 0.737. The molecule has 0 bridgehead atoms. The zero-order chi connectivity index (χ0) is 21.9. The molecule has 30 heavy (non-hydrogen) atoms. The van der Waals surface area contributed by atoms with Crippen molar-refractivity contribution >= 4 is 36.3 Å². The Morgan fingerprint density at radius 3 is 2.43 bits per heavy atom. The molecule has 9 nitrogen and oxygen atoms in total. The smallest absolute Gasteiger partial charge is 0.337 e. The Morgan fingerprint density at radius 1 is 1.23 bits per heavy atom. The standard InChI is InChI=1S/C19H28NO8PS/c1-5-25-29(23,26-6-2)10-15-20-17-18(27-12(4)22)16(13-7-8-13)14(9-24-11(3)21)28-19(17)30-15/h7,14,16-19H,5-6,8-10H2,1-4H3/t14-,16?,17?,18+,19?/m1/s1. The Balaban J connectivity index is 1.83. The summed E-state index contributed by atoms with van der Waals surface area (Å²) < 4.78 is 40.8. The molecule has 11 heteroatoms. The van der Waals surface area contributed by atoms with E-state index in [2.05, 4.69) is 0 Å². The highest BCUT2D eigenvalue weighted by Gasteiger charge is 2.53. The molecule has 0 N–H and O–H groups in total. The predicted octanol–water partition coefficient (Wildman–Crippen LogP) is 2.93. The molecule has 3 aliphatic rings. The summed E-state index contributed by atoms with van der Waals surface area (Å²) in [6.07, 6.45) is 1.86. The lowest BCUT2D eigenvalue weighted by atomic mass is 9.86. The Morgan fingerprint density at radius 2 is 1.90 bits per heavy atom. The molecule has 0 amide bonds. The van der Waals surface area contributed by atoms with Crippen LogP contribution in [-0.4, -0.2) is 66.7 Å². The summed E-state index contributed by atoms with van der Waals surface area (Å²) >= 11 is 1.32. The number of hydrogen-bond acceptors (Lipinski definition) is 10. The van der Waals surface area contributed by atoms with Gasteiger partial charge in [0.15, 0.2) is 0 Å². The molecule has 5 atom stereocenters. The first-order chi connectivity index (χ1) is 14.3. The van der Waals surface area contributed by atoms with E-state index in [1.807, 2.05) is 6.08 Å². The molecule has 0 aromatic rings. The average Bonchev–Trinajstić information content (AvgIpc) is 3.39. The van der Waals surface area contributed by atoms with Crippen molar-refractivity contribution in [1.82, 2.24) is 0 Å². The molecule has 0 spiro atoms. The van der Waals surface area contributed by atoms with Gasteiger partial charge in [-0.1, -0.05) is 23.4 Å². The third-order valence-electron chi connectivity index (χ3n) is 4.83. The number of esters is 2. The first-order valence-electron chi connectivity index (χ1n) is 10.0. The summed E-state index contributed by atoms with van der Waals surface area (Å²) in [6, 6.07) is -0.453. The van der Waals surface area contributed by atoms with Crippen molar-refractivity contribution in [1.29, 1.82) is 0 Å². The Bertz CT molecular complexity index is 774. The van der Waals surface area contributed by atoms with E-state index in [9.17, 15) is 14.2 Å². The van der Waals surface area contributed by atoms with Crippen molar-refractivity contribution in [2.75, 3.05) is 26.0 Å². The van der Waals surface area contributed by atoms with Crippen LogP contribution in [0.2, 0.25) is 0 Å². The molecular weight excluding hydrogens is 433 g/mol. The van der Waals surface area contributed by atoms with Gasteiger partial charge in [-0.15, -0.1) is 0 Å². The number of nitrogens with zero attached hydrogens (tertiary/aromatic N) is 1. The van der Waals surface area contributed by atoms with Crippen LogP contribution in [0.25, 0.3) is 0 Å². The van der Waals surface area contributed by atoms with E-state index in [1.54, 1.807) is 13.8 Å². The highest BCUT2D eigenvalue weighted by atomic mass is 32.2. The predicted molar refractivity (Wildman–Crippen MR) is 112 cm³/mol. The average molecular weight is 461 g/mol. The van der Waals surface area contributed by atoms with Crippen LogP contribution in [0.15, 0.2) is 16.6 Å². The fourth-order valence-corrected chi connectivity index (χ4v) is 6.94. The highest BCUT2D eigenvalue weighted by Crippen LogP contribution is 2.52. The molecule has 3 unspecified atom stereocenters. The number of aliphatic imine (C=N–C) groups is 1. The minimum Gasteiger partial charge on any atom is -0.463 e. The molecule has 168 valence electrons. The van der Waals surface area contributed by atoms with Gasteiger partial charge in [-0.3, -0.25) is 19.1 Å². The number of carbonyl (C=O) groups excluding carboxylic acids is 2. The summed E-state index contributed by atoms with van der Waals surface area (Å²) in [4.78, 5) is 27.9. The summed E-state index contributed by atoms with van der Waals surface area (Å²) in [5.74, 6) is -1.07. The van der Waals surface area contributed by atoms with Gasteiger partial charge >= 0.3 is 19.5 Å². The van der Waals surface area contributed by atoms with Crippen molar-refractivity contribution in [3.63, 3.8) is 0 Å². The van der Waals surface area contributed by atoms with E-state index in [0.717, 1.165) is 12.0 Å². The van der Waals surface area contributed by atoms with E-state index >= 15 is 0 Å². The first kappa shape index (κ1) is 23.5. The second kappa shape index (κ2) is 9.96. The van der Waals surface area contributed by atoms with Crippen LogP contribution in [0.5, 0.6) is 0 Å². The van der Waals surface area contributed by atoms with Gasteiger partial charge in [-0.25, -0.2) is 0 Å². The fourth-order valence-electron chi connectivity index (χ4n) is 3.70. The van der Waals surface area contributed by atoms with Crippen LogP contribution in [-0.2, 0) is 37.4 Å². The second-order valence-electron chi connectivity index (χ2n) is 7.16. The minimum atomic E-state index is -3.33. The number of thioether (sulfide) groups is 1. The Labute approximate surface area is 180 Å². The zero-order valence-electron chi connectivity index (χ0n) is 17.6. The van der Waals surface area contributed by atoms with Crippen molar-refractivity contribution in [3.05, 3.63) is 11.6 Å². The van der Waals surface area contributed by atoms with Gasteiger partial charge < -0.3 is 23.3 Å². The minimum absolute atomic E-state index is 0.0322. The summed E-state index contributed by atoms with van der Waals surface area (Å²) in [6.45, 7) is 6.78. The van der Waals surface area contributed by atoms with Gasteiger partial charge in [0.05, 0.1) is 24.4 Å². The van der Waals surface area contributed by atoms with Crippen LogP contribution in [0.1, 0.15) is 34.1 Å².